The molecule has 1 aliphatic heterocycles. The van der Waals surface area contributed by atoms with Crippen molar-refractivity contribution < 1.29 is 14.3 Å². The van der Waals surface area contributed by atoms with Crippen molar-refractivity contribution in [3.63, 3.8) is 0 Å². The average molecular weight is 344 g/mol. The monoisotopic (exact) mass is 344 g/mol. The molecule has 126 valence electrons. The van der Waals surface area contributed by atoms with Gasteiger partial charge in [-0.3, -0.25) is 9.59 Å². The minimum Gasteiger partial charge on any atom is -0.376 e. The summed E-state index contributed by atoms with van der Waals surface area (Å²) in [5.74, 6) is -0.325. The lowest BCUT2D eigenvalue weighted by Gasteiger charge is -2.13. The highest BCUT2D eigenvalue weighted by Gasteiger charge is 2.18. The van der Waals surface area contributed by atoms with Crippen molar-refractivity contribution in [2.45, 2.75) is 25.4 Å². The Labute approximate surface area is 145 Å². The average Bonchev–Trinajstić information content (AvgIpc) is 3.26. The predicted octanol–water partition coefficient (Wildman–Crippen LogP) is 2.84. The Morgan fingerprint density at radius 2 is 2.08 bits per heavy atom. The van der Waals surface area contributed by atoms with Gasteiger partial charge < -0.3 is 15.4 Å². The van der Waals surface area contributed by atoms with Crippen LogP contribution in [0.15, 0.2) is 41.8 Å². The van der Waals surface area contributed by atoms with Crippen LogP contribution in [0.4, 0.5) is 5.69 Å². The second-order valence-corrected chi connectivity index (χ2v) is 6.73. The highest BCUT2D eigenvalue weighted by atomic mass is 32.1. The maximum Gasteiger partial charge on any atom is 0.253 e. The number of benzene rings is 1. The molecule has 1 saturated heterocycles. The van der Waals surface area contributed by atoms with Gasteiger partial charge in [0, 0.05) is 18.0 Å². The minimum absolute atomic E-state index is 0.0922. The van der Waals surface area contributed by atoms with Gasteiger partial charge in [0.1, 0.15) is 0 Å². The lowest BCUT2D eigenvalue weighted by Crippen LogP contribution is -2.32. The molecular formula is C18H20N2O3S. The van der Waals surface area contributed by atoms with Crippen LogP contribution in [-0.4, -0.2) is 31.1 Å². The molecular weight excluding hydrogens is 324 g/mol. The number of anilines is 1. The third-order valence-electron chi connectivity index (χ3n) is 3.87. The Bertz CT molecular complexity index is 694. The van der Waals surface area contributed by atoms with Gasteiger partial charge in [0.15, 0.2) is 0 Å². The topological polar surface area (TPSA) is 67.4 Å². The van der Waals surface area contributed by atoms with Crippen LogP contribution < -0.4 is 10.6 Å². The summed E-state index contributed by atoms with van der Waals surface area (Å²) in [5, 5.41) is 7.66. The summed E-state index contributed by atoms with van der Waals surface area (Å²) in [4.78, 5) is 25.6. The summed E-state index contributed by atoms with van der Waals surface area (Å²) in [6, 6.07) is 10.9. The molecule has 0 unspecified atom stereocenters. The van der Waals surface area contributed by atoms with Crippen LogP contribution in [0.25, 0.3) is 0 Å². The number of rotatable bonds is 6. The fourth-order valence-electron chi connectivity index (χ4n) is 2.66. The molecule has 1 aromatic carbocycles. The largest absolute Gasteiger partial charge is 0.376 e. The Kier molecular flexibility index (Phi) is 5.61. The Morgan fingerprint density at radius 3 is 2.83 bits per heavy atom. The maximum absolute atomic E-state index is 12.4. The molecule has 0 radical (unpaired) electrons. The third-order valence-corrected chi connectivity index (χ3v) is 4.75. The second kappa shape index (κ2) is 8.08. The highest BCUT2D eigenvalue weighted by molar-refractivity contribution is 7.10. The van der Waals surface area contributed by atoms with E-state index in [2.05, 4.69) is 10.6 Å². The van der Waals surface area contributed by atoms with Gasteiger partial charge in [0.05, 0.1) is 23.8 Å². The molecule has 2 N–H and O–H groups in total. The lowest BCUT2D eigenvalue weighted by molar-refractivity contribution is -0.115. The van der Waals surface area contributed by atoms with Gasteiger partial charge in [-0.2, -0.15) is 0 Å². The zero-order valence-electron chi connectivity index (χ0n) is 13.3. The van der Waals surface area contributed by atoms with Crippen molar-refractivity contribution in [2.24, 2.45) is 0 Å². The van der Waals surface area contributed by atoms with Gasteiger partial charge in [0.2, 0.25) is 5.91 Å². The van der Waals surface area contributed by atoms with Gasteiger partial charge in [-0.1, -0.05) is 18.2 Å². The summed E-state index contributed by atoms with van der Waals surface area (Å²) in [6.45, 7) is 1.26. The first kappa shape index (κ1) is 16.7. The normalized spacial score (nSPS) is 16.8. The Morgan fingerprint density at radius 1 is 1.21 bits per heavy atom. The molecule has 1 aromatic heterocycles. The van der Waals surface area contributed by atoms with Crippen LogP contribution in [0.3, 0.4) is 0 Å². The summed E-state index contributed by atoms with van der Waals surface area (Å²) in [6.07, 6.45) is 2.41. The number of para-hydroxylation sites is 1. The molecule has 24 heavy (non-hydrogen) atoms. The van der Waals surface area contributed by atoms with E-state index in [1.165, 1.54) is 0 Å². The SMILES string of the molecule is O=C(Cc1cccs1)Nc1ccccc1C(=O)NC[C@H]1CCCO1. The second-order valence-electron chi connectivity index (χ2n) is 5.69. The number of nitrogens with one attached hydrogen (secondary N) is 2. The van der Waals surface area contributed by atoms with Crippen LogP contribution in [0.2, 0.25) is 0 Å². The Balaban J connectivity index is 1.61. The molecule has 0 aliphatic carbocycles. The first-order valence-electron chi connectivity index (χ1n) is 8.03. The van der Waals surface area contributed by atoms with E-state index in [1.807, 2.05) is 17.5 Å². The molecule has 2 heterocycles. The quantitative estimate of drug-likeness (QED) is 0.847. The number of thiophene rings is 1. The molecule has 6 heteroatoms. The predicted molar refractivity (Wildman–Crippen MR) is 94.4 cm³/mol. The number of ether oxygens (including phenoxy) is 1. The zero-order valence-corrected chi connectivity index (χ0v) is 14.1. The van der Waals surface area contributed by atoms with E-state index < -0.39 is 0 Å². The zero-order chi connectivity index (χ0) is 16.8. The minimum atomic E-state index is -0.197. The van der Waals surface area contributed by atoms with Crippen molar-refractivity contribution in [1.29, 1.82) is 0 Å². The van der Waals surface area contributed by atoms with E-state index in [9.17, 15) is 9.59 Å². The molecule has 1 fully saturated rings. The van der Waals surface area contributed by atoms with Crippen molar-refractivity contribution >= 4 is 28.8 Å². The molecule has 0 saturated carbocycles. The van der Waals surface area contributed by atoms with E-state index in [0.29, 0.717) is 24.2 Å². The number of hydrogen-bond donors (Lipinski definition) is 2. The maximum atomic E-state index is 12.4. The molecule has 0 spiro atoms. The van der Waals surface area contributed by atoms with Crippen molar-refractivity contribution in [2.75, 3.05) is 18.5 Å². The molecule has 2 amide bonds. The first-order valence-corrected chi connectivity index (χ1v) is 8.91. The fourth-order valence-corrected chi connectivity index (χ4v) is 3.37. The molecule has 2 aromatic rings. The smallest absolute Gasteiger partial charge is 0.253 e. The highest BCUT2D eigenvalue weighted by Crippen LogP contribution is 2.17. The van der Waals surface area contributed by atoms with E-state index in [1.54, 1.807) is 35.6 Å². The van der Waals surface area contributed by atoms with Gasteiger partial charge in [0.25, 0.3) is 5.91 Å². The molecule has 1 aliphatic rings. The van der Waals surface area contributed by atoms with E-state index in [0.717, 1.165) is 24.3 Å². The van der Waals surface area contributed by atoms with Crippen LogP contribution in [-0.2, 0) is 16.0 Å². The van der Waals surface area contributed by atoms with Crippen LogP contribution in [0.1, 0.15) is 28.1 Å². The van der Waals surface area contributed by atoms with Crippen LogP contribution in [0.5, 0.6) is 0 Å². The number of hydrogen-bond acceptors (Lipinski definition) is 4. The summed E-state index contributed by atoms with van der Waals surface area (Å²) in [5.41, 5.74) is 0.999. The van der Waals surface area contributed by atoms with E-state index in [4.69, 9.17) is 4.74 Å². The van der Waals surface area contributed by atoms with Gasteiger partial charge in [-0.05, 0) is 36.4 Å². The van der Waals surface area contributed by atoms with Crippen molar-refractivity contribution in [3.05, 3.63) is 52.2 Å². The van der Waals surface area contributed by atoms with Crippen LogP contribution in [0, 0.1) is 0 Å². The van der Waals surface area contributed by atoms with Gasteiger partial charge in [-0.15, -0.1) is 11.3 Å². The fraction of sp³-hybridized carbons (Fsp3) is 0.333. The molecule has 1 atom stereocenters. The molecule has 3 rings (SSSR count). The first-order chi connectivity index (χ1) is 11.7. The van der Waals surface area contributed by atoms with Crippen LogP contribution >= 0.6 is 11.3 Å². The van der Waals surface area contributed by atoms with Gasteiger partial charge in [-0.25, -0.2) is 0 Å². The summed E-state index contributed by atoms with van der Waals surface area (Å²) in [7, 11) is 0. The number of amides is 2. The standard InChI is InChI=1S/C18H20N2O3S/c21-17(11-14-6-4-10-24-14)20-16-8-2-1-7-15(16)18(22)19-12-13-5-3-9-23-13/h1-2,4,6-8,10,13H,3,5,9,11-12H2,(H,19,22)(H,20,21)/t13-/m1/s1. The molecule has 5 nitrogen and oxygen atoms in total. The number of carbonyl (C=O) groups is 2. The van der Waals surface area contributed by atoms with Gasteiger partial charge >= 0.3 is 0 Å². The third kappa shape index (κ3) is 4.43. The van der Waals surface area contributed by atoms with E-state index in [-0.39, 0.29) is 17.9 Å². The van der Waals surface area contributed by atoms with Crippen molar-refractivity contribution in [3.8, 4) is 0 Å². The Hall–Kier alpha value is -2.18. The van der Waals surface area contributed by atoms with E-state index >= 15 is 0 Å². The molecule has 0 bridgehead atoms. The lowest BCUT2D eigenvalue weighted by atomic mass is 10.1. The van der Waals surface area contributed by atoms with Crippen molar-refractivity contribution in [1.82, 2.24) is 5.32 Å². The summed E-state index contributed by atoms with van der Waals surface area (Å²) < 4.78 is 5.51. The number of carbonyl (C=O) groups excluding carboxylic acids is 2. The summed E-state index contributed by atoms with van der Waals surface area (Å²) >= 11 is 1.54.